The Hall–Kier alpha value is -2.86. The van der Waals surface area contributed by atoms with E-state index in [1.54, 1.807) is 0 Å². The van der Waals surface area contributed by atoms with Crippen molar-refractivity contribution in [2.45, 2.75) is 26.4 Å². The minimum Gasteiger partial charge on any atom is -0.374 e. The van der Waals surface area contributed by atoms with Crippen molar-refractivity contribution < 1.29 is 9.53 Å². The number of carbonyl (C=O) groups is 1. The fourth-order valence-corrected chi connectivity index (χ4v) is 2.57. The Labute approximate surface area is 167 Å². The molecule has 150 valence electrons. The summed E-state index contributed by atoms with van der Waals surface area (Å²) in [7, 11) is 0. The lowest BCUT2D eigenvalue weighted by Crippen LogP contribution is -2.38. The van der Waals surface area contributed by atoms with Crippen LogP contribution in [0.3, 0.4) is 0 Å². The van der Waals surface area contributed by atoms with Crippen LogP contribution in [0.1, 0.15) is 31.9 Å². The third kappa shape index (κ3) is 8.22. The lowest BCUT2D eigenvalue weighted by Gasteiger charge is -2.14. The summed E-state index contributed by atoms with van der Waals surface area (Å²) in [6.07, 6.45) is 0.919. The van der Waals surface area contributed by atoms with E-state index in [1.807, 2.05) is 55.5 Å². The number of nitrogens with zero attached hydrogens (tertiary/aromatic N) is 1. The third-order valence-electron chi connectivity index (χ3n) is 4.03. The first-order chi connectivity index (χ1) is 13.7. The van der Waals surface area contributed by atoms with Gasteiger partial charge in [0.1, 0.15) is 6.54 Å². The first kappa shape index (κ1) is 21.4. The number of guanidine groups is 1. The Bertz CT molecular complexity index is 720. The molecule has 2 aromatic rings. The molecule has 0 aliphatic carbocycles. The Balaban J connectivity index is 1.68. The number of nitrogens with one attached hydrogen (secondary N) is 3. The van der Waals surface area contributed by atoms with Crippen molar-refractivity contribution in [3.05, 3.63) is 66.2 Å². The molecule has 1 amide bonds. The van der Waals surface area contributed by atoms with Crippen molar-refractivity contribution in [1.29, 1.82) is 0 Å². The van der Waals surface area contributed by atoms with Gasteiger partial charge in [0, 0.05) is 25.4 Å². The van der Waals surface area contributed by atoms with Crippen molar-refractivity contribution in [2.75, 3.05) is 31.6 Å². The van der Waals surface area contributed by atoms with Crippen LogP contribution in [0.5, 0.6) is 0 Å². The topological polar surface area (TPSA) is 74.8 Å². The molecule has 0 aliphatic rings. The lowest BCUT2D eigenvalue weighted by atomic mass is 10.1. The molecule has 3 N–H and O–H groups in total. The van der Waals surface area contributed by atoms with Crippen LogP contribution in [0, 0.1) is 0 Å². The fraction of sp³-hybridized carbons (Fsp3) is 0.364. The molecule has 6 heteroatoms. The number of ether oxygens (including phenoxy) is 1. The maximum atomic E-state index is 12.0. The van der Waals surface area contributed by atoms with Crippen LogP contribution in [-0.2, 0) is 9.53 Å². The van der Waals surface area contributed by atoms with Gasteiger partial charge in [0.2, 0.25) is 5.91 Å². The molecule has 0 radical (unpaired) electrons. The number of hydrogen-bond donors (Lipinski definition) is 3. The molecule has 0 heterocycles. The molecule has 2 rings (SSSR count). The zero-order valence-electron chi connectivity index (χ0n) is 16.7. The number of aliphatic imine (C=N–C) groups is 1. The van der Waals surface area contributed by atoms with Gasteiger partial charge in [-0.15, -0.1) is 0 Å². The second kappa shape index (κ2) is 12.5. The van der Waals surface area contributed by atoms with Crippen LogP contribution < -0.4 is 16.0 Å². The van der Waals surface area contributed by atoms with Gasteiger partial charge in [-0.3, -0.25) is 4.79 Å². The van der Waals surface area contributed by atoms with Crippen molar-refractivity contribution >= 4 is 17.6 Å². The van der Waals surface area contributed by atoms with E-state index in [4.69, 9.17) is 4.74 Å². The second-order valence-electron chi connectivity index (χ2n) is 6.31. The summed E-state index contributed by atoms with van der Waals surface area (Å²) in [5, 5.41) is 9.20. The highest BCUT2D eigenvalue weighted by Crippen LogP contribution is 2.15. The standard InChI is InChI=1S/C22H30N4O2/c1-3-23-22(25-17-21(27)26-20-13-8-5-9-14-20)24-15-10-16-28-18(2)19-11-6-4-7-12-19/h4-9,11-14,18H,3,10,15-17H2,1-2H3,(H,26,27)(H2,23,24,25). The van der Waals surface area contributed by atoms with Crippen molar-refractivity contribution in [3.63, 3.8) is 0 Å². The Morgan fingerprint density at radius 3 is 2.39 bits per heavy atom. The van der Waals surface area contributed by atoms with E-state index < -0.39 is 0 Å². The number of rotatable bonds is 10. The van der Waals surface area contributed by atoms with Gasteiger partial charge in [0.25, 0.3) is 0 Å². The molecule has 28 heavy (non-hydrogen) atoms. The van der Waals surface area contributed by atoms with Crippen LogP contribution in [0.4, 0.5) is 5.69 Å². The predicted octanol–water partition coefficient (Wildman–Crippen LogP) is 3.35. The summed E-state index contributed by atoms with van der Waals surface area (Å²) < 4.78 is 5.87. The fourth-order valence-electron chi connectivity index (χ4n) is 2.57. The number of benzene rings is 2. The minimum absolute atomic E-state index is 0.0613. The van der Waals surface area contributed by atoms with Crippen molar-refractivity contribution in [2.24, 2.45) is 4.99 Å². The summed E-state index contributed by atoms with van der Waals surface area (Å²) in [6.45, 7) is 6.20. The zero-order valence-corrected chi connectivity index (χ0v) is 16.7. The maximum Gasteiger partial charge on any atom is 0.246 e. The lowest BCUT2D eigenvalue weighted by molar-refractivity contribution is -0.114. The van der Waals surface area contributed by atoms with Gasteiger partial charge in [0.05, 0.1) is 6.10 Å². The van der Waals surface area contributed by atoms with Gasteiger partial charge in [-0.2, -0.15) is 0 Å². The highest BCUT2D eigenvalue weighted by Gasteiger charge is 2.05. The molecular weight excluding hydrogens is 352 g/mol. The van der Waals surface area contributed by atoms with Crippen molar-refractivity contribution in [1.82, 2.24) is 10.6 Å². The Morgan fingerprint density at radius 1 is 1.04 bits per heavy atom. The summed E-state index contributed by atoms with van der Waals surface area (Å²) in [5.41, 5.74) is 1.94. The van der Waals surface area contributed by atoms with E-state index in [2.05, 4.69) is 40.0 Å². The van der Waals surface area contributed by atoms with Crippen LogP contribution >= 0.6 is 0 Å². The molecule has 1 unspecified atom stereocenters. The number of anilines is 1. The van der Waals surface area contributed by atoms with Gasteiger partial charge >= 0.3 is 0 Å². The molecule has 6 nitrogen and oxygen atoms in total. The highest BCUT2D eigenvalue weighted by molar-refractivity contribution is 5.94. The summed E-state index contributed by atoms with van der Waals surface area (Å²) >= 11 is 0. The Morgan fingerprint density at radius 2 is 1.71 bits per heavy atom. The van der Waals surface area contributed by atoms with E-state index in [1.165, 1.54) is 5.56 Å². The van der Waals surface area contributed by atoms with Crippen LogP contribution in [0.2, 0.25) is 0 Å². The molecule has 0 saturated heterocycles. The first-order valence-corrected chi connectivity index (χ1v) is 9.72. The van der Waals surface area contributed by atoms with E-state index in [0.29, 0.717) is 19.1 Å². The van der Waals surface area contributed by atoms with Gasteiger partial charge in [0.15, 0.2) is 5.96 Å². The number of amides is 1. The van der Waals surface area contributed by atoms with Gasteiger partial charge in [-0.05, 0) is 38.0 Å². The van der Waals surface area contributed by atoms with Gasteiger partial charge < -0.3 is 20.7 Å². The van der Waals surface area contributed by atoms with Crippen LogP contribution in [0.15, 0.2) is 65.7 Å². The maximum absolute atomic E-state index is 12.0. The molecule has 0 saturated carbocycles. The molecule has 0 bridgehead atoms. The molecule has 0 aliphatic heterocycles. The number of hydrogen-bond acceptors (Lipinski definition) is 3. The smallest absolute Gasteiger partial charge is 0.246 e. The van der Waals surface area contributed by atoms with E-state index in [0.717, 1.165) is 18.7 Å². The molecule has 0 aromatic heterocycles. The summed E-state index contributed by atoms with van der Waals surface area (Å²) in [6, 6.07) is 19.5. The Kier molecular flexibility index (Phi) is 9.58. The molecule has 0 spiro atoms. The highest BCUT2D eigenvalue weighted by atomic mass is 16.5. The molecule has 1 atom stereocenters. The normalized spacial score (nSPS) is 12.3. The van der Waals surface area contributed by atoms with Gasteiger partial charge in [-0.25, -0.2) is 4.99 Å². The monoisotopic (exact) mass is 382 g/mol. The zero-order chi connectivity index (χ0) is 20.0. The molecular formula is C22H30N4O2. The average molecular weight is 383 g/mol. The second-order valence-corrected chi connectivity index (χ2v) is 6.31. The van der Waals surface area contributed by atoms with Crippen LogP contribution in [-0.4, -0.2) is 38.1 Å². The molecule has 0 fully saturated rings. The summed E-state index contributed by atoms with van der Waals surface area (Å²) in [4.78, 5) is 16.3. The molecule has 2 aromatic carbocycles. The van der Waals surface area contributed by atoms with Crippen molar-refractivity contribution in [3.8, 4) is 0 Å². The average Bonchev–Trinajstić information content (AvgIpc) is 2.73. The summed E-state index contributed by atoms with van der Waals surface area (Å²) in [5.74, 6) is 0.477. The number of para-hydroxylation sites is 1. The SMILES string of the molecule is CCNC(=NCC(=O)Nc1ccccc1)NCCCOC(C)c1ccccc1. The van der Waals surface area contributed by atoms with E-state index in [-0.39, 0.29) is 18.6 Å². The van der Waals surface area contributed by atoms with E-state index >= 15 is 0 Å². The quantitative estimate of drug-likeness (QED) is 0.335. The first-order valence-electron chi connectivity index (χ1n) is 9.72. The van der Waals surface area contributed by atoms with Gasteiger partial charge in [-0.1, -0.05) is 48.5 Å². The third-order valence-corrected chi connectivity index (χ3v) is 4.03. The minimum atomic E-state index is -0.150. The predicted molar refractivity (Wildman–Crippen MR) is 114 cm³/mol. The van der Waals surface area contributed by atoms with E-state index in [9.17, 15) is 4.79 Å². The number of carbonyl (C=O) groups excluding carboxylic acids is 1. The van der Waals surface area contributed by atoms with Crippen LogP contribution in [0.25, 0.3) is 0 Å². The largest absolute Gasteiger partial charge is 0.374 e.